The number of carbonyl (C=O) groups excluding carboxylic acids is 1. The van der Waals surface area contributed by atoms with Gasteiger partial charge in [0.25, 0.3) is 5.91 Å². The Morgan fingerprint density at radius 1 is 0.865 bits per heavy atom. The van der Waals surface area contributed by atoms with Crippen molar-refractivity contribution in [2.75, 3.05) is 5.32 Å². The quantitative estimate of drug-likeness (QED) is 0.313. The number of amides is 1. The number of halogens is 5. The summed E-state index contributed by atoms with van der Waals surface area (Å²) in [7, 11) is -13.4. The Kier molecular flexibility index (Phi) is 6.31. The predicted molar refractivity (Wildman–Crippen MR) is 133 cm³/mol. The van der Waals surface area contributed by atoms with Crippen molar-refractivity contribution in [3.8, 4) is 11.1 Å². The Bertz CT molecular complexity index is 1420. The van der Waals surface area contributed by atoms with Crippen LogP contribution >= 0.6 is 10.2 Å². The van der Waals surface area contributed by atoms with E-state index in [0.29, 0.717) is 48.9 Å². The van der Waals surface area contributed by atoms with Gasteiger partial charge in [0.05, 0.1) is 10.1 Å². The van der Waals surface area contributed by atoms with Crippen LogP contribution in [0.3, 0.4) is 0 Å². The van der Waals surface area contributed by atoms with Crippen LogP contribution in [0.15, 0.2) is 76.7 Å². The molecule has 3 aromatic rings. The van der Waals surface area contributed by atoms with Crippen LogP contribution in [0.4, 0.5) is 25.1 Å². The highest BCUT2D eigenvalue weighted by atomic mass is 32.5. The first-order valence-electron chi connectivity index (χ1n) is 11.2. The van der Waals surface area contributed by atoms with Crippen LogP contribution in [0.5, 0.6) is 0 Å². The fourth-order valence-electron chi connectivity index (χ4n) is 4.34. The van der Waals surface area contributed by atoms with E-state index in [1.54, 1.807) is 18.2 Å². The number of pyridine rings is 1. The van der Waals surface area contributed by atoms with E-state index in [2.05, 4.69) is 10.3 Å². The Balaban J connectivity index is 1.39. The molecule has 1 aliphatic carbocycles. The van der Waals surface area contributed by atoms with E-state index in [1.807, 2.05) is 0 Å². The molecule has 0 saturated heterocycles. The van der Waals surface area contributed by atoms with Gasteiger partial charge in [0.2, 0.25) is 0 Å². The molecule has 2 aromatic carbocycles. The number of aromatic nitrogens is 1. The fourth-order valence-corrected chi connectivity index (χ4v) is 6.78. The standard InChI is InChI=1S/C24H24F5N3O3S2/c25-37(26,27,28,29)22-11-5-19(6-12-22)32-18-3-9-21(10-4-18)36(34,35)20-7-1-16(2-8-20)17-13-14-31-23(15-17)24(30)33/h1-2,5-8,11-15,18,21,32H,3-4,9-10H2,(H2,30,33). The van der Waals surface area contributed by atoms with Gasteiger partial charge in [0.1, 0.15) is 10.6 Å². The van der Waals surface area contributed by atoms with Crippen molar-refractivity contribution in [3.05, 3.63) is 72.6 Å². The molecule has 0 aliphatic heterocycles. The van der Waals surface area contributed by atoms with Gasteiger partial charge >= 0.3 is 10.2 Å². The number of nitrogens with zero attached hydrogens (tertiary/aromatic N) is 1. The summed E-state index contributed by atoms with van der Waals surface area (Å²) >= 11 is 0. The highest BCUT2D eigenvalue weighted by Gasteiger charge is 2.65. The molecule has 4 rings (SSSR count). The van der Waals surface area contributed by atoms with Gasteiger partial charge in [-0.2, -0.15) is 0 Å². The number of sulfone groups is 1. The van der Waals surface area contributed by atoms with E-state index in [-0.39, 0.29) is 22.3 Å². The first kappa shape index (κ1) is 26.9. The molecule has 1 amide bonds. The summed E-state index contributed by atoms with van der Waals surface area (Å²) in [6, 6.07) is 11.9. The number of hydrogen-bond donors (Lipinski definition) is 2. The second-order valence-electron chi connectivity index (χ2n) is 8.97. The maximum absolute atomic E-state index is 13.2. The van der Waals surface area contributed by atoms with Crippen molar-refractivity contribution in [2.24, 2.45) is 5.73 Å². The fraction of sp³-hybridized carbons (Fsp3) is 0.250. The number of nitrogens with two attached hydrogens (primary N) is 1. The number of rotatable bonds is 7. The van der Waals surface area contributed by atoms with Crippen LogP contribution in [0.25, 0.3) is 11.1 Å². The lowest BCUT2D eigenvalue weighted by molar-refractivity contribution is 0.0995. The first-order chi connectivity index (χ1) is 17.0. The monoisotopic (exact) mass is 561 g/mol. The van der Waals surface area contributed by atoms with E-state index in [4.69, 9.17) is 5.73 Å². The molecular weight excluding hydrogens is 537 g/mol. The molecule has 0 spiro atoms. The molecule has 13 heteroatoms. The van der Waals surface area contributed by atoms with Crippen molar-refractivity contribution in [1.82, 2.24) is 4.98 Å². The largest absolute Gasteiger partial charge is 0.382 e. The molecule has 0 atom stereocenters. The summed E-state index contributed by atoms with van der Waals surface area (Å²) in [5, 5.41) is 2.37. The Morgan fingerprint density at radius 3 is 2.00 bits per heavy atom. The lowest BCUT2D eigenvalue weighted by Gasteiger charge is -2.40. The minimum atomic E-state index is -9.73. The van der Waals surface area contributed by atoms with Crippen molar-refractivity contribution < 1.29 is 32.6 Å². The summed E-state index contributed by atoms with van der Waals surface area (Å²) in [5.74, 6) is -0.674. The molecular formula is C24H24F5N3O3S2. The van der Waals surface area contributed by atoms with Gasteiger partial charge in [-0.3, -0.25) is 9.78 Å². The maximum Gasteiger partial charge on any atom is 0.310 e. The average Bonchev–Trinajstić information content (AvgIpc) is 2.83. The first-order valence-corrected chi connectivity index (χ1v) is 14.7. The third kappa shape index (κ3) is 6.21. The highest BCUT2D eigenvalue weighted by Crippen LogP contribution is 3.02. The molecule has 6 nitrogen and oxygen atoms in total. The molecule has 1 aromatic heterocycles. The van der Waals surface area contributed by atoms with Gasteiger partial charge < -0.3 is 11.1 Å². The van der Waals surface area contributed by atoms with Crippen molar-refractivity contribution >= 4 is 31.7 Å². The van der Waals surface area contributed by atoms with Gasteiger partial charge in [-0.25, -0.2) is 8.42 Å². The van der Waals surface area contributed by atoms with Gasteiger partial charge in [-0.15, -0.1) is 0 Å². The van der Waals surface area contributed by atoms with Gasteiger partial charge in [0.15, 0.2) is 9.84 Å². The van der Waals surface area contributed by atoms with E-state index < -0.39 is 36.1 Å². The third-order valence-corrected chi connectivity index (χ3v) is 9.75. The molecule has 1 heterocycles. The minimum absolute atomic E-state index is 0.0927. The molecule has 0 radical (unpaired) electrons. The van der Waals surface area contributed by atoms with Crippen molar-refractivity contribution in [3.63, 3.8) is 0 Å². The maximum atomic E-state index is 13.2. The number of benzene rings is 2. The van der Waals surface area contributed by atoms with Crippen LogP contribution in [0, 0.1) is 0 Å². The van der Waals surface area contributed by atoms with Gasteiger partial charge in [-0.1, -0.05) is 31.6 Å². The van der Waals surface area contributed by atoms with E-state index >= 15 is 0 Å². The molecule has 1 fully saturated rings. The summed E-state index contributed by atoms with van der Waals surface area (Å²) in [6.07, 6.45) is 2.99. The summed E-state index contributed by atoms with van der Waals surface area (Å²) < 4.78 is 90.8. The van der Waals surface area contributed by atoms with Crippen molar-refractivity contribution in [2.45, 2.75) is 46.8 Å². The molecule has 0 unspecified atom stereocenters. The molecule has 37 heavy (non-hydrogen) atoms. The highest BCUT2D eigenvalue weighted by molar-refractivity contribution is 8.45. The molecule has 1 aliphatic rings. The second-order valence-corrected chi connectivity index (χ2v) is 13.6. The van der Waals surface area contributed by atoms with Crippen LogP contribution in [0.1, 0.15) is 36.2 Å². The lowest BCUT2D eigenvalue weighted by atomic mass is 9.95. The lowest BCUT2D eigenvalue weighted by Crippen LogP contribution is -2.32. The Hall–Kier alpha value is -3.19. The number of carbonyl (C=O) groups is 1. The SMILES string of the molecule is NC(=O)c1cc(-c2ccc(S(=O)(=O)C3CCC(Nc4ccc(S(F)(F)(F)(F)F)cc4)CC3)cc2)ccn1. The molecule has 0 bridgehead atoms. The van der Waals surface area contributed by atoms with Crippen LogP contribution in [0.2, 0.25) is 0 Å². The molecule has 200 valence electrons. The topological polar surface area (TPSA) is 102 Å². The number of hydrogen-bond acceptors (Lipinski definition) is 5. The zero-order valence-electron chi connectivity index (χ0n) is 19.3. The third-order valence-electron chi connectivity index (χ3n) is 6.31. The van der Waals surface area contributed by atoms with Gasteiger partial charge in [-0.05, 0) is 85.3 Å². The zero-order valence-corrected chi connectivity index (χ0v) is 20.9. The smallest absolute Gasteiger partial charge is 0.310 e. The minimum Gasteiger partial charge on any atom is -0.382 e. The molecule has 3 N–H and O–H groups in total. The normalized spacial score (nSPS) is 20.5. The molecule has 1 saturated carbocycles. The van der Waals surface area contributed by atoms with Gasteiger partial charge in [0, 0.05) is 17.9 Å². The Labute approximate surface area is 210 Å². The average molecular weight is 562 g/mol. The predicted octanol–water partition coefficient (Wildman–Crippen LogP) is 6.70. The second kappa shape index (κ2) is 8.69. The summed E-state index contributed by atoms with van der Waals surface area (Å²) in [4.78, 5) is 13.4. The number of anilines is 1. The van der Waals surface area contributed by atoms with Crippen molar-refractivity contribution in [1.29, 1.82) is 0 Å². The van der Waals surface area contributed by atoms with Crippen LogP contribution < -0.4 is 11.1 Å². The zero-order chi connectivity index (χ0) is 27.1. The van der Waals surface area contributed by atoms with Crippen LogP contribution in [-0.2, 0) is 9.84 Å². The van der Waals surface area contributed by atoms with E-state index in [1.165, 1.54) is 24.4 Å². The number of primary amides is 1. The van der Waals surface area contributed by atoms with E-state index in [9.17, 15) is 32.6 Å². The summed E-state index contributed by atoms with van der Waals surface area (Å²) in [6.45, 7) is 0. The number of nitrogens with one attached hydrogen (secondary N) is 1. The summed E-state index contributed by atoms with van der Waals surface area (Å²) in [5.41, 5.74) is 6.95. The Morgan fingerprint density at radius 2 is 1.46 bits per heavy atom. The van der Waals surface area contributed by atoms with E-state index in [0.717, 1.165) is 12.1 Å². The van der Waals surface area contributed by atoms with Crippen LogP contribution in [-0.4, -0.2) is 30.6 Å².